The van der Waals surface area contributed by atoms with Gasteiger partial charge in [-0.3, -0.25) is 19.1 Å². The molecule has 9 heteroatoms. The third kappa shape index (κ3) is 4.28. The Morgan fingerprint density at radius 3 is 2.59 bits per heavy atom. The van der Waals surface area contributed by atoms with Gasteiger partial charge in [-0.25, -0.2) is 14.8 Å². The van der Waals surface area contributed by atoms with Crippen LogP contribution in [0.1, 0.15) is 60.6 Å². The maximum Gasteiger partial charge on any atom is 0.329 e. The first-order valence-corrected chi connectivity index (χ1v) is 11.2. The van der Waals surface area contributed by atoms with E-state index in [1.807, 2.05) is 40.7 Å². The van der Waals surface area contributed by atoms with E-state index in [0.717, 1.165) is 11.5 Å². The molecule has 0 spiro atoms. The highest BCUT2D eigenvalue weighted by atomic mass is 16.4. The summed E-state index contributed by atoms with van der Waals surface area (Å²) in [6.07, 6.45) is 0.669. The van der Waals surface area contributed by atoms with E-state index >= 15 is 0 Å². The first-order valence-electron chi connectivity index (χ1n) is 11.2. The molecule has 0 aliphatic heterocycles. The largest absolute Gasteiger partial charge is 0.441 e. The van der Waals surface area contributed by atoms with E-state index in [4.69, 9.17) is 4.42 Å². The van der Waals surface area contributed by atoms with Crippen LogP contribution >= 0.6 is 0 Å². The lowest BCUT2D eigenvalue weighted by Crippen LogP contribution is -2.32. The highest BCUT2D eigenvalue weighted by Gasteiger charge is 2.21. The van der Waals surface area contributed by atoms with Crippen molar-refractivity contribution >= 4 is 22.6 Å². The van der Waals surface area contributed by atoms with Crippen LogP contribution in [0.3, 0.4) is 0 Å². The van der Waals surface area contributed by atoms with Gasteiger partial charge in [-0.1, -0.05) is 26.8 Å². The number of nitrogens with one attached hydrogen (secondary N) is 2. The molecule has 0 bridgehead atoms. The molecule has 0 fully saturated rings. The summed E-state index contributed by atoms with van der Waals surface area (Å²) >= 11 is 0. The Labute approximate surface area is 195 Å². The van der Waals surface area contributed by atoms with Crippen LogP contribution in [0.2, 0.25) is 0 Å². The zero-order chi connectivity index (χ0) is 24.6. The lowest BCUT2D eigenvalue weighted by molar-refractivity contribution is 0.102. The number of nitrogens with zero attached hydrogens (tertiary/aromatic N) is 3. The molecule has 34 heavy (non-hydrogen) atoms. The molecule has 1 aromatic carbocycles. The zero-order valence-corrected chi connectivity index (χ0v) is 19.9. The first kappa shape index (κ1) is 23.2. The van der Waals surface area contributed by atoms with Crippen molar-refractivity contribution in [1.29, 1.82) is 0 Å². The molecule has 1 amide bonds. The number of rotatable bonds is 6. The number of pyridine rings is 1. The molecule has 0 radical (unpaired) electrons. The Bertz CT molecular complexity index is 1490. The molecule has 0 aliphatic carbocycles. The van der Waals surface area contributed by atoms with Crippen molar-refractivity contribution in [2.24, 2.45) is 0 Å². The van der Waals surface area contributed by atoms with Crippen molar-refractivity contribution in [3.63, 3.8) is 0 Å². The minimum atomic E-state index is -0.639. The number of amides is 1. The molecule has 3 aromatic heterocycles. The Balaban J connectivity index is 1.81. The van der Waals surface area contributed by atoms with Crippen molar-refractivity contribution in [3.8, 4) is 11.5 Å². The number of fused-ring (bicyclic) bond motifs is 1. The smallest absolute Gasteiger partial charge is 0.329 e. The van der Waals surface area contributed by atoms with E-state index in [-0.39, 0.29) is 22.5 Å². The maximum absolute atomic E-state index is 13.4. The van der Waals surface area contributed by atoms with Gasteiger partial charge in [0.15, 0.2) is 5.65 Å². The monoisotopic (exact) mass is 461 g/mol. The number of aromatic nitrogens is 4. The second-order valence-electron chi connectivity index (χ2n) is 8.55. The summed E-state index contributed by atoms with van der Waals surface area (Å²) in [6, 6.07) is 8.74. The summed E-state index contributed by atoms with van der Waals surface area (Å²) in [4.78, 5) is 49.9. The number of anilines is 1. The molecule has 4 aromatic rings. The van der Waals surface area contributed by atoms with E-state index in [2.05, 4.69) is 20.3 Å². The SMILES string of the molecule is CCCn1c(=O)[nH]c(=O)c2c(C(=O)Nc3cccc(-c4nc(C)c(C)o4)c3)cc(C(C)C)nc21. The lowest BCUT2D eigenvalue weighted by atomic mass is 10.0. The number of carbonyl (C=O) groups is 1. The number of hydrogen-bond donors (Lipinski definition) is 2. The summed E-state index contributed by atoms with van der Waals surface area (Å²) in [5, 5.41) is 2.95. The standard InChI is InChI=1S/C25H27N5O4/c1-6-10-30-21-20(23(32)29-25(30)33)18(12-19(28-21)13(2)3)22(31)27-17-9-7-8-16(11-17)24-26-14(4)15(5)34-24/h7-9,11-13H,6,10H2,1-5H3,(H,27,31)(H,29,32,33). The number of aromatic amines is 1. The van der Waals surface area contributed by atoms with Gasteiger partial charge >= 0.3 is 5.69 Å². The van der Waals surface area contributed by atoms with Gasteiger partial charge in [0.05, 0.1) is 16.6 Å². The number of oxazole rings is 1. The molecule has 0 saturated carbocycles. The number of carbonyl (C=O) groups excluding carboxylic acids is 1. The van der Waals surface area contributed by atoms with E-state index in [9.17, 15) is 14.4 Å². The number of H-pyrrole nitrogens is 1. The Morgan fingerprint density at radius 2 is 1.94 bits per heavy atom. The fourth-order valence-corrected chi connectivity index (χ4v) is 3.72. The van der Waals surface area contributed by atoms with E-state index in [0.29, 0.717) is 35.8 Å². The molecule has 0 aliphatic rings. The van der Waals surface area contributed by atoms with Crippen molar-refractivity contribution < 1.29 is 9.21 Å². The molecule has 0 atom stereocenters. The summed E-state index contributed by atoms with van der Waals surface area (Å²) in [6.45, 7) is 9.88. The van der Waals surface area contributed by atoms with E-state index in [1.165, 1.54) is 4.57 Å². The van der Waals surface area contributed by atoms with Gasteiger partial charge in [0.2, 0.25) is 5.89 Å². The lowest BCUT2D eigenvalue weighted by Gasteiger charge is -2.14. The normalized spacial score (nSPS) is 11.4. The molecular weight excluding hydrogens is 434 g/mol. The zero-order valence-electron chi connectivity index (χ0n) is 19.9. The predicted molar refractivity (Wildman–Crippen MR) is 130 cm³/mol. The summed E-state index contributed by atoms with van der Waals surface area (Å²) in [7, 11) is 0. The number of benzene rings is 1. The summed E-state index contributed by atoms with van der Waals surface area (Å²) < 4.78 is 7.11. The first-order chi connectivity index (χ1) is 16.2. The Kier molecular flexibility index (Phi) is 6.19. The van der Waals surface area contributed by atoms with Crippen LogP contribution in [0, 0.1) is 13.8 Å². The van der Waals surface area contributed by atoms with Gasteiger partial charge in [0.1, 0.15) is 5.76 Å². The van der Waals surface area contributed by atoms with Gasteiger partial charge in [-0.15, -0.1) is 0 Å². The Hall–Kier alpha value is -4.01. The third-order valence-electron chi connectivity index (χ3n) is 5.65. The molecule has 9 nitrogen and oxygen atoms in total. The molecule has 176 valence electrons. The topological polar surface area (TPSA) is 123 Å². The Morgan fingerprint density at radius 1 is 1.18 bits per heavy atom. The molecule has 4 rings (SSSR count). The van der Waals surface area contributed by atoms with Crippen molar-refractivity contribution in [1.82, 2.24) is 19.5 Å². The average molecular weight is 462 g/mol. The third-order valence-corrected chi connectivity index (χ3v) is 5.65. The second-order valence-corrected chi connectivity index (χ2v) is 8.55. The van der Waals surface area contributed by atoms with Crippen LogP contribution in [0.5, 0.6) is 0 Å². The average Bonchev–Trinajstić information content (AvgIpc) is 3.14. The number of hydrogen-bond acceptors (Lipinski definition) is 6. The molecule has 3 heterocycles. The van der Waals surface area contributed by atoms with Crippen molar-refractivity contribution in [3.05, 3.63) is 73.9 Å². The van der Waals surface area contributed by atoms with Crippen LogP contribution in [0.15, 0.2) is 44.3 Å². The quantitative estimate of drug-likeness (QED) is 0.445. The molecular formula is C25H27N5O4. The van der Waals surface area contributed by atoms with Gasteiger partial charge in [0.25, 0.3) is 11.5 Å². The highest BCUT2D eigenvalue weighted by molar-refractivity contribution is 6.12. The molecule has 0 saturated heterocycles. The minimum Gasteiger partial charge on any atom is -0.441 e. The van der Waals surface area contributed by atoms with Crippen LogP contribution in [0.25, 0.3) is 22.5 Å². The van der Waals surface area contributed by atoms with Gasteiger partial charge in [0, 0.05) is 23.5 Å². The predicted octanol–water partition coefficient (Wildman–Crippen LogP) is 4.14. The van der Waals surface area contributed by atoms with E-state index in [1.54, 1.807) is 24.3 Å². The minimum absolute atomic E-state index is 0.0137. The fraction of sp³-hybridized carbons (Fsp3) is 0.320. The van der Waals surface area contributed by atoms with Gasteiger partial charge < -0.3 is 9.73 Å². The summed E-state index contributed by atoms with van der Waals surface area (Å²) in [5.41, 5.74) is 1.84. The van der Waals surface area contributed by atoms with Crippen LogP contribution in [-0.4, -0.2) is 25.4 Å². The molecule has 0 unspecified atom stereocenters. The highest BCUT2D eigenvalue weighted by Crippen LogP contribution is 2.25. The summed E-state index contributed by atoms with van der Waals surface area (Å²) in [5.74, 6) is 0.701. The fourth-order valence-electron chi connectivity index (χ4n) is 3.72. The van der Waals surface area contributed by atoms with Crippen LogP contribution in [0.4, 0.5) is 5.69 Å². The van der Waals surface area contributed by atoms with Crippen molar-refractivity contribution in [2.45, 2.75) is 53.5 Å². The number of aryl methyl sites for hydroxylation is 3. The molecule has 2 N–H and O–H groups in total. The maximum atomic E-state index is 13.4. The second kappa shape index (κ2) is 9.09. The van der Waals surface area contributed by atoms with Crippen LogP contribution < -0.4 is 16.6 Å². The van der Waals surface area contributed by atoms with Crippen LogP contribution in [-0.2, 0) is 6.54 Å². The van der Waals surface area contributed by atoms with Gasteiger partial charge in [-0.2, -0.15) is 0 Å². The van der Waals surface area contributed by atoms with Gasteiger partial charge in [-0.05, 0) is 50.5 Å². The van der Waals surface area contributed by atoms with Crippen molar-refractivity contribution in [2.75, 3.05) is 5.32 Å². The van der Waals surface area contributed by atoms with E-state index < -0.39 is 17.2 Å².